The summed E-state index contributed by atoms with van der Waals surface area (Å²) >= 11 is 6.07. The maximum Gasteiger partial charge on any atom is 0.255 e. The summed E-state index contributed by atoms with van der Waals surface area (Å²) in [5, 5.41) is 3.49. The molecule has 0 fully saturated rings. The van der Waals surface area contributed by atoms with Crippen molar-refractivity contribution < 1.29 is 14.3 Å². The standard InChI is InChI=1S/C17H16ClNO3/c1-11-13(18)4-2-5-14(11)19-17(20)12-6-7-15-16(10-12)22-9-3-8-21-15/h2,4-7,10H,3,8-9H2,1H3,(H,19,20). The van der Waals surface area contributed by atoms with E-state index in [1.54, 1.807) is 30.3 Å². The van der Waals surface area contributed by atoms with Crippen molar-refractivity contribution in [3.05, 3.63) is 52.5 Å². The first-order chi connectivity index (χ1) is 10.6. The molecule has 1 aliphatic heterocycles. The predicted octanol–water partition coefficient (Wildman–Crippen LogP) is 4.06. The second-order valence-corrected chi connectivity index (χ2v) is 5.49. The zero-order valence-corrected chi connectivity index (χ0v) is 12.9. The van der Waals surface area contributed by atoms with E-state index in [0.29, 0.717) is 41.0 Å². The van der Waals surface area contributed by atoms with Gasteiger partial charge in [0.05, 0.1) is 13.2 Å². The van der Waals surface area contributed by atoms with Gasteiger partial charge in [-0.15, -0.1) is 0 Å². The molecule has 0 radical (unpaired) electrons. The number of ether oxygens (including phenoxy) is 2. The van der Waals surface area contributed by atoms with Gasteiger partial charge in [-0.1, -0.05) is 17.7 Å². The summed E-state index contributed by atoms with van der Waals surface area (Å²) in [7, 11) is 0. The smallest absolute Gasteiger partial charge is 0.255 e. The minimum absolute atomic E-state index is 0.207. The highest BCUT2D eigenvalue weighted by Gasteiger charge is 2.15. The number of benzene rings is 2. The SMILES string of the molecule is Cc1c(Cl)cccc1NC(=O)c1ccc2c(c1)OCCCO2. The molecule has 2 aromatic carbocycles. The molecule has 0 unspecified atom stereocenters. The minimum Gasteiger partial charge on any atom is -0.490 e. The minimum atomic E-state index is -0.207. The highest BCUT2D eigenvalue weighted by molar-refractivity contribution is 6.31. The number of hydrogen-bond donors (Lipinski definition) is 1. The van der Waals surface area contributed by atoms with Gasteiger partial charge in [0.2, 0.25) is 0 Å². The van der Waals surface area contributed by atoms with Gasteiger partial charge < -0.3 is 14.8 Å². The van der Waals surface area contributed by atoms with Crippen LogP contribution in [0.2, 0.25) is 5.02 Å². The van der Waals surface area contributed by atoms with Crippen LogP contribution in [0.25, 0.3) is 0 Å². The molecule has 2 aromatic rings. The third-order valence-corrected chi connectivity index (χ3v) is 3.94. The fraction of sp³-hybridized carbons (Fsp3) is 0.235. The maximum absolute atomic E-state index is 12.4. The van der Waals surface area contributed by atoms with Crippen LogP contribution in [0.1, 0.15) is 22.3 Å². The topological polar surface area (TPSA) is 47.6 Å². The second-order valence-electron chi connectivity index (χ2n) is 5.08. The lowest BCUT2D eigenvalue weighted by molar-refractivity contribution is 0.102. The highest BCUT2D eigenvalue weighted by atomic mass is 35.5. The molecule has 0 saturated heterocycles. The summed E-state index contributed by atoms with van der Waals surface area (Å²) in [6, 6.07) is 10.6. The molecule has 0 bridgehead atoms. The maximum atomic E-state index is 12.4. The fourth-order valence-corrected chi connectivity index (χ4v) is 2.42. The van der Waals surface area contributed by atoms with Gasteiger partial charge >= 0.3 is 0 Å². The van der Waals surface area contributed by atoms with Crippen LogP contribution in [0.3, 0.4) is 0 Å². The summed E-state index contributed by atoms with van der Waals surface area (Å²) in [6.45, 7) is 3.08. The summed E-state index contributed by atoms with van der Waals surface area (Å²) in [6.07, 6.45) is 0.831. The van der Waals surface area contributed by atoms with Crippen LogP contribution in [-0.2, 0) is 0 Å². The quantitative estimate of drug-likeness (QED) is 0.908. The Morgan fingerprint density at radius 1 is 1.14 bits per heavy atom. The highest BCUT2D eigenvalue weighted by Crippen LogP contribution is 2.31. The number of hydrogen-bond acceptors (Lipinski definition) is 3. The van der Waals surface area contributed by atoms with Crippen molar-refractivity contribution in [2.45, 2.75) is 13.3 Å². The van der Waals surface area contributed by atoms with Crippen molar-refractivity contribution in [1.82, 2.24) is 0 Å². The molecule has 1 heterocycles. The van der Waals surface area contributed by atoms with E-state index in [1.807, 2.05) is 13.0 Å². The first-order valence-electron chi connectivity index (χ1n) is 7.11. The Morgan fingerprint density at radius 3 is 2.73 bits per heavy atom. The lowest BCUT2D eigenvalue weighted by atomic mass is 10.1. The Bertz CT molecular complexity index is 715. The predicted molar refractivity (Wildman–Crippen MR) is 86.2 cm³/mol. The normalized spacial score (nSPS) is 13.4. The van der Waals surface area contributed by atoms with Crippen molar-refractivity contribution in [3.8, 4) is 11.5 Å². The molecule has 1 aliphatic rings. The van der Waals surface area contributed by atoms with E-state index < -0.39 is 0 Å². The molecule has 0 aliphatic carbocycles. The molecule has 1 N–H and O–H groups in total. The molecule has 5 heteroatoms. The Hall–Kier alpha value is -2.20. The average Bonchev–Trinajstić information content (AvgIpc) is 2.76. The number of anilines is 1. The van der Waals surface area contributed by atoms with Crippen LogP contribution in [0.5, 0.6) is 11.5 Å². The number of rotatable bonds is 2. The number of nitrogens with one attached hydrogen (secondary N) is 1. The molecule has 4 nitrogen and oxygen atoms in total. The number of fused-ring (bicyclic) bond motifs is 1. The molecule has 0 spiro atoms. The zero-order chi connectivity index (χ0) is 15.5. The number of carbonyl (C=O) groups is 1. The van der Waals surface area contributed by atoms with Gasteiger partial charge in [-0.25, -0.2) is 0 Å². The van der Waals surface area contributed by atoms with E-state index in [2.05, 4.69) is 5.32 Å². The van der Waals surface area contributed by atoms with Crippen molar-refractivity contribution >= 4 is 23.2 Å². The number of halogens is 1. The summed E-state index contributed by atoms with van der Waals surface area (Å²) in [5.41, 5.74) is 2.06. The van der Waals surface area contributed by atoms with Crippen molar-refractivity contribution in [2.24, 2.45) is 0 Å². The van der Waals surface area contributed by atoms with Crippen LogP contribution in [0, 0.1) is 6.92 Å². The van der Waals surface area contributed by atoms with Crippen molar-refractivity contribution in [2.75, 3.05) is 18.5 Å². The third-order valence-electron chi connectivity index (χ3n) is 3.53. The molecular weight excluding hydrogens is 302 g/mol. The fourth-order valence-electron chi connectivity index (χ4n) is 2.24. The largest absolute Gasteiger partial charge is 0.490 e. The van der Waals surface area contributed by atoms with Gasteiger partial charge in [-0.2, -0.15) is 0 Å². The van der Waals surface area contributed by atoms with E-state index in [4.69, 9.17) is 21.1 Å². The van der Waals surface area contributed by atoms with E-state index >= 15 is 0 Å². The van der Waals surface area contributed by atoms with Crippen LogP contribution < -0.4 is 14.8 Å². The van der Waals surface area contributed by atoms with Crippen LogP contribution in [-0.4, -0.2) is 19.1 Å². The number of amides is 1. The summed E-state index contributed by atoms with van der Waals surface area (Å²) in [4.78, 5) is 12.4. The van der Waals surface area contributed by atoms with Gasteiger partial charge in [-0.3, -0.25) is 4.79 Å². The Kier molecular flexibility index (Phi) is 4.20. The molecule has 114 valence electrons. The Balaban J connectivity index is 1.83. The van der Waals surface area contributed by atoms with Gasteiger partial charge in [-0.05, 0) is 42.8 Å². The summed E-state index contributed by atoms with van der Waals surface area (Å²) in [5.74, 6) is 1.07. The lowest BCUT2D eigenvalue weighted by Gasteiger charge is -2.11. The Labute approximate surface area is 134 Å². The first kappa shape index (κ1) is 14.7. The molecule has 1 amide bonds. The molecular formula is C17H16ClNO3. The van der Waals surface area contributed by atoms with Crippen molar-refractivity contribution in [3.63, 3.8) is 0 Å². The van der Waals surface area contributed by atoms with Crippen LogP contribution in [0.4, 0.5) is 5.69 Å². The second kappa shape index (κ2) is 6.28. The van der Waals surface area contributed by atoms with E-state index in [0.717, 1.165) is 12.0 Å². The first-order valence-corrected chi connectivity index (χ1v) is 7.49. The summed E-state index contributed by atoms with van der Waals surface area (Å²) < 4.78 is 11.2. The Morgan fingerprint density at radius 2 is 1.91 bits per heavy atom. The van der Waals surface area contributed by atoms with Gasteiger partial charge in [0, 0.05) is 22.7 Å². The third kappa shape index (κ3) is 3.02. The molecule has 0 aromatic heterocycles. The van der Waals surface area contributed by atoms with Gasteiger partial charge in [0.25, 0.3) is 5.91 Å². The average molecular weight is 318 g/mol. The number of carbonyl (C=O) groups excluding carboxylic acids is 1. The van der Waals surface area contributed by atoms with E-state index in [-0.39, 0.29) is 5.91 Å². The molecule has 0 atom stereocenters. The molecule has 22 heavy (non-hydrogen) atoms. The van der Waals surface area contributed by atoms with Crippen LogP contribution in [0.15, 0.2) is 36.4 Å². The lowest BCUT2D eigenvalue weighted by Crippen LogP contribution is -2.13. The van der Waals surface area contributed by atoms with Crippen molar-refractivity contribution in [1.29, 1.82) is 0 Å². The van der Waals surface area contributed by atoms with Crippen LogP contribution >= 0.6 is 11.6 Å². The van der Waals surface area contributed by atoms with E-state index in [1.165, 1.54) is 0 Å². The van der Waals surface area contributed by atoms with E-state index in [9.17, 15) is 4.79 Å². The molecule has 3 rings (SSSR count). The van der Waals surface area contributed by atoms with Gasteiger partial charge in [0.1, 0.15) is 0 Å². The monoisotopic (exact) mass is 317 g/mol. The molecule has 0 saturated carbocycles. The zero-order valence-electron chi connectivity index (χ0n) is 12.2. The van der Waals surface area contributed by atoms with Gasteiger partial charge in [0.15, 0.2) is 11.5 Å².